The number of nitrogens with zero attached hydrogens (tertiary/aromatic N) is 1. The zero-order valence-electron chi connectivity index (χ0n) is 15.4. The van der Waals surface area contributed by atoms with Gasteiger partial charge in [-0.1, -0.05) is 18.9 Å². The zero-order valence-corrected chi connectivity index (χ0v) is 15.4. The van der Waals surface area contributed by atoms with Crippen molar-refractivity contribution in [3.63, 3.8) is 0 Å². The number of carbonyl (C=O) groups is 1. The highest BCUT2D eigenvalue weighted by Gasteiger charge is 2.53. The molecule has 4 nitrogen and oxygen atoms in total. The molecule has 25 heavy (non-hydrogen) atoms. The largest absolute Gasteiger partial charge is 0.497 e. The average Bonchev–Trinajstić information content (AvgIpc) is 2.76. The summed E-state index contributed by atoms with van der Waals surface area (Å²) in [6, 6.07) is 6.86. The maximum Gasteiger partial charge on any atom is 0.410 e. The van der Waals surface area contributed by atoms with Gasteiger partial charge in [-0.05, 0) is 68.2 Å². The quantitative estimate of drug-likeness (QED) is 0.803. The van der Waals surface area contributed by atoms with E-state index in [4.69, 9.17) is 9.47 Å². The highest BCUT2D eigenvalue weighted by atomic mass is 16.6. The predicted molar refractivity (Wildman–Crippen MR) is 97.1 cm³/mol. The van der Waals surface area contributed by atoms with Gasteiger partial charge in [0.1, 0.15) is 5.75 Å². The number of hydrogen-bond donors (Lipinski definition) is 0. The normalized spacial score (nSPS) is 30.7. The van der Waals surface area contributed by atoms with Crippen LogP contribution in [0.25, 0.3) is 0 Å². The number of methoxy groups -OCH3 is 1. The summed E-state index contributed by atoms with van der Waals surface area (Å²) in [4.78, 5) is 14.7. The number of rotatable bonds is 2. The molecule has 2 aliphatic carbocycles. The third-order valence-corrected chi connectivity index (χ3v) is 6.77. The van der Waals surface area contributed by atoms with Gasteiger partial charge in [0.25, 0.3) is 0 Å². The molecule has 1 amide bonds. The molecule has 1 aromatic rings. The van der Waals surface area contributed by atoms with Gasteiger partial charge in [0.15, 0.2) is 0 Å². The molecule has 0 radical (unpaired) electrons. The molecule has 136 valence electrons. The van der Waals surface area contributed by atoms with Crippen LogP contribution in [0.1, 0.15) is 56.6 Å². The van der Waals surface area contributed by atoms with Crippen LogP contribution in [0, 0.1) is 5.92 Å². The number of amides is 1. The molecule has 1 saturated carbocycles. The Labute approximate surface area is 150 Å². The summed E-state index contributed by atoms with van der Waals surface area (Å²) >= 11 is 0. The molecule has 4 heteroatoms. The van der Waals surface area contributed by atoms with Crippen molar-refractivity contribution in [2.45, 2.75) is 63.3 Å². The van der Waals surface area contributed by atoms with Gasteiger partial charge in [0.05, 0.1) is 13.7 Å². The van der Waals surface area contributed by atoms with Crippen molar-refractivity contribution in [1.29, 1.82) is 0 Å². The molecule has 2 fully saturated rings. The van der Waals surface area contributed by atoms with Crippen molar-refractivity contribution in [2.75, 3.05) is 20.3 Å². The lowest BCUT2D eigenvalue weighted by Crippen LogP contribution is -2.54. The van der Waals surface area contributed by atoms with Gasteiger partial charge >= 0.3 is 6.09 Å². The Morgan fingerprint density at radius 1 is 1.28 bits per heavy atom. The average molecular weight is 343 g/mol. The van der Waals surface area contributed by atoms with Crippen molar-refractivity contribution in [2.24, 2.45) is 5.92 Å². The van der Waals surface area contributed by atoms with E-state index in [2.05, 4.69) is 23.1 Å². The SMILES string of the molecule is CCOC(=O)N1CCC[C@@]23CCCC[C@@H]2[C@@H]1Cc1ccc(OC)cc13. The number of fused-ring (bicyclic) bond motifs is 1. The van der Waals surface area contributed by atoms with Crippen LogP contribution in [-0.4, -0.2) is 37.3 Å². The van der Waals surface area contributed by atoms with Gasteiger partial charge < -0.3 is 14.4 Å². The summed E-state index contributed by atoms with van der Waals surface area (Å²) in [7, 11) is 1.75. The summed E-state index contributed by atoms with van der Waals surface area (Å²) in [5.41, 5.74) is 3.12. The van der Waals surface area contributed by atoms with Crippen molar-refractivity contribution in [3.8, 4) is 5.75 Å². The van der Waals surface area contributed by atoms with Crippen LogP contribution in [0.4, 0.5) is 4.79 Å². The van der Waals surface area contributed by atoms with E-state index in [9.17, 15) is 4.79 Å². The van der Waals surface area contributed by atoms with Crippen molar-refractivity contribution in [1.82, 2.24) is 4.90 Å². The molecule has 0 aromatic heterocycles. The third kappa shape index (κ3) is 2.61. The lowest BCUT2D eigenvalue weighted by molar-refractivity contribution is 0.0494. The van der Waals surface area contributed by atoms with E-state index in [1.54, 1.807) is 7.11 Å². The monoisotopic (exact) mass is 343 g/mol. The minimum atomic E-state index is -0.120. The Balaban J connectivity index is 1.80. The molecule has 4 rings (SSSR count). The van der Waals surface area contributed by atoms with E-state index in [-0.39, 0.29) is 17.6 Å². The molecular weight excluding hydrogens is 314 g/mol. The van der Waals surface area contributed by atoms with Crippen LogP contribution in [0.15, 0.2) is 18.2 Å². The van der Waals surface area contributed by atoms with Crippen molar-refractivity contribution >= 4 is 6.09 Å². The van der Waals surface area contributed by atoms with Crippen LogP contribution in [0.5, 0.6) is 5.75 Å². The van der Waals surface area contributed by atoms with Crippen LogP contribution in [0.2, 0.25) is 0 Å². The molecule has 1 heterocycles. The Morgan fingerprint density at radius 3 is 2.92 bits per heavy atom. The van der Waals surface area contributed by atoms with Gasteiger partial charge in [0, 0.05) is 18.0 Å². The Hall–Kier alpha value is -1.71. The van der Waals surface area contributed by atoms with Crippen molar-refractivity contribution < 1.29 is 14.3 Å². The second kappa shape index (κ2) is 6.54. The molecular formula is C21H29NO3. The minimum absolute atomic E-state index is 0.120. The fourth-order valence-corrected chi connectivity index (χ4v) is 5.79. The van der Waals surface area contributed by atoms with E-state index in [0.717, 1.165) is 25.1 Å². The van der Waals surface area contributed by atoms with E-state index < -0.39 is 0 Å². The first-order valence-corrected chi connectivity index (χ1v) is 9.80. The van der Waals surface area contributed by atoms with Gasteiger partial charge in [-0.2, -0.15) is 0 Å². The minimum Gasteiger partial charge on any atom is -0.497 e. The predicted octanol–water partition coefficient (Wildman–Crippen LogP) is 4.30. The van der Waals surface area contributed by atoms with Crippen LogP contribution in [0.3, 0.4) is 0 Å². The summed E-state index contributed by atoms with van der Waals surface area (Å²) in [5.74, 6) is 1.51. The fourth-order valence-electron chi connectivity index (χ4n) is 5.79. The van der Waals surface area contributed by atoms with Crippen molar-refractivity contribution in [3.05, 3.63) is 29.3 Å². The van der Waals surface area contributed by atoms with Gasteiger partial charge in [-0.15, -0.1) is 0 Å². The van der Waals surface area contributed by atoms with Gasteiger partial charge in [-0.3, -0.25) is 0 Å². The number of likely N-dealkylation sites (tertiary alicyclic amines) is 1. The molecule has 2 bridgehead atoms. The summed E-state index contributed by atoms with van der Waals surface area (Å²) < 4.78 is 10.9. The molecule has 0 N–H and O–H groups in total. The standard InChI is InChI=1S/C21H29NO3/c1-3-25-20(23)22-12-6-11-21-10-5-4-7-17(21)19(22)13-15-8-9-16(24-2)14-18(15)21/h8-9,14,17,19H,3-7,10-13H2,1-2H3/t17-,19+,21+/m1/s1. The molecule has 1 aliphatic heterocycles. The number of hydrogen-bond acceptors (Lipinski definition) is 3. The second-order valence-corrected chi connectivity index (χ2v) is 7.80. The summed E-state index contributed by atoms with van der Waals surface area (Å²) in [6.07, 6.45) is 8.09. The summed E-state index contributed by atoms with van der Waals surface area (Å²) in [5, 5.41) is 0. The molecule has 3 atom stereocenters. The Morgan fingerprint density at radius 2 is 2.12 bits per heavy atom. The molecule has 1 aromatic carbocycles. The van der Waals surface area contributed by atoms with Crippen LogP contribution >= 0.6 is 0 Å². The molecule has 1 saturated heterocycles. The number of ether oxygens (including phenoxy) is 2. The van der Waals surface area contributed by atoms with E-state index in [1.807, 2.05) is 6.92 Å². The molecule has 0 unspecified atom stereocenters. The Kier molecular flexibility index (Phi) is 4.38. The molecule has 0 spiro atoms. The molecule has 3 aliphatic rings. The smallest absolute Gasteiger partial charge is 0.410 e. The first-order chi connectivity index (χ1) is 12.2. The van der Waals surface area contributed by atoms with Gasteiger partial charge in [0.2, 0.25) is 0 Å². The highest BCUT2D eigenvalue weighted by molar-refractivity contribution is 5.68. The van der Waals surface area contributed by atoms with E-state index in [1.165, 1.54) is 43.2 Å². The number of carbonyl (C=O) groups excluding carboxylic acids is 1. The fraction of sp³-hybridized carbons (Fsp3) is 0.667. The van der Waals surface area contributed by atoms with E-state index in [0.29, 0.717) is 12.5 Å². The number of benzene rings is 1. The topological polar surface area (TPSA) is 38.8 Å². The summed E-state index contributed by atoms with van der Waals surface area (Å²) in [6.45, 7) is 3.17. The maximum atomic E-state index is 12.6. The first kappa shape index (κ1) is 16.7. The first-order valence-electron chi connectivity index (χ1n) is 9.80. The zero-order chi connectivity index (χ0) is 17.4. The third-order valence-electron chi connectivity index (χ3n) is 6.77. The second-order valence-electron chi connectivity index (χ2n) is 7.80. The van der Waals surface area contributed by atoms with E-state index >= 15 is 0 Å². The van der Waals surface area contributed by atoms with Gasteiger partial charge in [-0.25, -0.2) is 4.79 Å². The van der Waals surface area contributed by atoms with Crippen LogP contribution < -0.4 is 4.74 Å². The lowest BCUT2D eigenvalue weighted by atomic mass is 9.54. The highest BCUT2D eigenvalue weighted by Crippen LogP contribution is 2.55. The van der Waals surface area contributed by atoms with Crippen LogP contribution in [-0.2, 0) is 16.6 Å². The lowest BCUT2D eigenvalue weighted by Gasteiger charge is -2.52. The maximum absolute atomic E-state index is 12.6. The Bertz CT molecular complexity index is 659.